The summed E-state index contributed by atoms with van der Waals surface area (Å²) in [4.78, 5) is 42.9. The zero-order valence-electron chi connectivity index (χ0n) is 26.5. The molecule has 1 aromatic heterocycles. The third kappa shape index (κ3) is 13.0. The van der Waals surface area contributed by atoms with E-state index in [-0.39, 0.29) is 36.8 Å². The number of fused-ring (bicyclic) bond motifs is 1. The minimum atomic E-state index is -0.875. The van der Waals surface area contributed by atoms with E-state index < -0.39 is 11.1 Å². The first-order valence-corrected chi connectivity index (χ1v) is 15.8. The summed E-state index contributed by atoms with van der Waals surface area (Å²) in [6.07, 6.45) is 8.80. The van der Waals surface area contributed by atoms with Crippen molar-refractivity contribution in [1.82, 2.24) is 25.8 Å². The van der Waals surface area contributed by atoms with Crippen molar-refractivity contribution in [3.8, 4) is 0 Å². The number of aryl methyl sites for hydroxylation is 1. The van der Waals surface area contributed by atoms with Crippen LogP contribution in [0.4, 0.5) is 0 Å². The van der Waals surface area contributed by atoms with Gasteiger partial charge in [0.1, 0.15) is 11.1 Å². The second kappa shape index (κ2) is 19.0. The summed E-state index contributed by atoms with van der Waals surface area (Å²) < 4.78 is 0. The van der Waals surface area contributed by atoms with Gasteiger partial charge in [0.25, 0.3) is 5.96 Å². The summed E-state index contributed by atoms with van der Waals surface area (Å²) in [6.45, 7) is 4.03. The molecule has 6 N–H and O–H groups in total. The Kier molecular flexibility index (Phi) is 14.8. The van der Waals surface area contributed by atoms with Gasteiger partial charge in [-0.15, -0.1) is 0 Å². The van der Waals surface area contributed by atoms with Gasteiger partial charge in [0, 0.05) is 42.7 Å². The van der Waals surface area contributed by atoms with Crippen LogP contribution in [0.25, 0.3) is 10.9 Å². The molecule has 45 heavy (non-hydrogen) atoms. The quantitative estimate of drug-likeness (QED) is 0.0421. The number of likely N-dealkylation sites (N-methyl/N-ethyl adjacent to an activating group) is 1. The zero-order valence-corrected chi connectivity index (χ0v) is 26.5. The fourth-order valence-electron chi connectivity index (χ4n) is 5.39. The molecule has 0 aliphatic heterocycles. The standard InChI is InChI=1S/C33H48N8O4/c1-3-4-5-11-21-40(2)24-27(22-26-23-36-29-16-10-9-15-28(26)29)37-32(43)30(17-12-20-35-33(34)39-41(44)45)38-31(42)19-18-25-13-7-6-8-14-25/h6-10,13-16,23,27,30,36H,3-5,11-12,17-22,24H2,1-2H3,(H,37,43)(H,38,42)(H3,34,35,39)/t27-,30-/m0/s1. The Morgan fingerprint density at radius 2 is 1.80 bits per heavy atom. The number of amides is 2. The molecule has 2 amide bonds. The van der Waals surface area contributed by atoms with Crippen molar-refractivity contribution in [3.63, 3.8) is 0 Å². The highest BCUT2D eigenvalue weighted by atomic mass is 16.7. The number of nitrogens with one attached hydrogen (secondary N) is 4. The molecular formula is C33H48N8O4. The molecule has 1 heterocycles. The normalized spacial score (nSPS) is 13.0. The topological polar surface area (TPSA) is 171 Å². The summed E-state index contributed by atoms with van der Waals surface area (Å²) in [5, 5.41) is 22.7. The average molecular weight is 621 g/mol. The highest BCUT2D eigenvalue weighted by Gasteiger charge is 2.25. The highest BCUT2D eigenvalue weighted by Crippen LogP contribution is 2.19. The number of aromatic amines is 1. The van der Waals surface area contributed by atoms with E-state index in [0.717, 1.165) is 35.0 Å². The number of nitrogens with two attached hydrogens (primary N) is 1. The van der Waals surface area contributed by atoms with Crippen molar-refractivity contribution in [3.05, 3.63) is 82.0 Å². The van der Waals surface area contributed by atoms with Crippen LogP contribution in [0, 0.1) is 10.1 Å². The Morgan fingerprint density at radius 1 is 1.04 bits per heavy atom. The summed E-state index contributed by atoms with van der Waals surface area (Å²) in [5.41, 5.74) is 8.73. The Hall–Kier alpha value is -4.45. The van der Waals surface area contributed by atoms with E-state index in [0.29, 0.717) is 32.2 Å². The Labute approximate surface area is 265 Å². The van der Waals surface area contributed by atoms with Gasteiger partial charge in [-0.05, 0) is 62.9 Å². The van der Waals surface area contributed by atoms with Crippen LogP contribution >= 0.6 is 0 Å². The predicted molar refractivity (Wildman–Crippen MR) is 178 cm³/mol. The van der Waals surface area contributed by atoms with Gasteiger partial charge in [0.2, 0.25) is 11.8 Å². The fraction of sp³-hybridized carbons (Fsp3) is 0.485. The Bertz CT molecular complexity index is 1380. The Balaban J connectivity index is 1.71. The second-order valence-corrected chi connectivity index (χ2v) is 11.5. The minimum absolute atomic E-state index is 0.197. The van der Waals surface area contributed by atoms with Crippen molar-refractivity contribution in [1.29, 1.82) is 0 Å². The number of rotatable bonds is 20. The van der Waals surface area contributed by atoms with Crippen LogP contribution in [0.1, 0.15) is 63.0 Å². The lowest BCUT2D eigenvalue weighted by Gasteiger charge is -2.27. The number of nitro groups is 1. The molecule has 2 atom stereocenters. The second-order valence-electron chi connectivity index (χ2n) is 11.5. The summed E-state index contributed by atoms with van der Waals surface area (Å²) in [6, 6.07) is 16.8. The van der Waals surface area contributed by atoms with Crippen molar-refractivity contribution in [2.45, 2.75) is 76.8 Å². The number of nitrogens with zero attached hydrogens (tertiary/aromatic N) is 3. The van der Waals surface area contributed by atoms with Gasteiger partial charge in [0.05, 0.1) is 0 Å². The number of hydrogen-bond acceptors (Lipinski definition) is 5. The van der Waals surface area contributed by atoms with E-state index in [4.69, 9.17) is 5.73 Å². The maximum Gasteiger partial charge on any atom is 0.266 e. The minimum Gasteiger partial charge on any atom is -0.365 e. The van der Waals surface area contributed by atoms with E-state index in [1.165, 1.54) is 19.3 Å². The first-order valence-electron chi connectivity index (χ1n) is 15.8. The Morgan fingerprint density at radius 3 is 2.56 bits per heavy atom. The maximum atomic E-state index is 13.8. The lowest BCUT2D eigenvalue weighted by molar-refractivity contribution is -0.485. The van der Waals surface area contributed by atoms with E-state index in [1.807, 2.05) is 54.7 Å². The number of guanidine groups is 1. The van der Waals surface area contributed by atoms with E-state index in [9.17, 15) is 19.7 Å². The average Bonchev–Trinajstić information content (AvgIpc) is 3.42. The molecule has 12 nitrogen and oxygen atoms in total. The third-order valence-electron chi connectivity index (χ3n) is 7.71. The molecule has 3 aromatic rings. The van der Waals surface area contributed by atoms with Crippen LogP contribution in [0.5, 0.6) is 0 Å². The number of benzene rings is 2. The van der Waals surface area contributed by atoms with Gasteiger partial charge in [-0.3, -0.25) is 9.59 Å². The SMILES string of the molecule is CCCCCCN(C)C[C@H](Cc1c[nH]c2ccccc12)NC(=O)[C@H](CCCN/C(N)=N/[N+](=O)[O-])NC(=O)CCc1ccccc1. The predicted octanol–water partition coefficient (Wildman–Crippen LogP) is 3.70. The van der Waals surface area contributed by atoms with Crippen LogP contribution in [0.3, 0.4) is 0 Å². The van der Waals surface area contributed by atoms with E-state index in [2.05, 4.69) is 51.0 Å². The van der Waals surface area contributed by atoms with E-state index in [1.54, 1.807) is 0 Å². The van der Waals surface area contributed by atoms with Gasteiger partial charge in [-0.2, -0.15) is 0 Å². The number of carbonyl (C=O) groups excluding carboxylic acids is 2. The van der Waals surface area contributed by atoms with Crippen molar-refractivity contribution in [2.24, 2.45) is 10.8 Å². The number of unbranched alkanes of at least 4 members (excludes halogenated alkanes) is 3. The molecule has 12 heteroatoms. The molecule has 0 bridgehead atoms. The smallest absolute Gasteiger partial charge is 0.266 e. The fourth-order valence-corrected chi connectivity index (χ4v) is 5.39. The lowest BCUT2D eigenvalue weighted by Crippen LogP contribution is -2.52. The van der Waals surface area contributed by atoms with E-state index >= 15 is 0 Å². The van der Waals surface area contributed by atoms with Crippen molar-refractivity contribution in [2.75, 3.05) is 26.7 Å². The van der Waals surface area contributed by atoms with Gasteiger partial charge in [-0.25, -0.2) is 10.1 Å². The molecule has 2 aromatic carbocycles. The summed E-state index contributed by atoms with van der Waals surface area (Å²) >= 11 is 0. The molecule has 0 saturated carbocycles. The number of hydrogen-bond donors (Lipinski definition) is 5. The first-order chi connectivity index (χ1) is 21.7. The van der Waals surface area contributed by atoms with Crippen molar-refractivity contribution >= 4 is 28.7 Å². The molecule has 0 fully saturated rings. The lowest BCUT2D eigenvalue weighted by atomic mass is 10.0. The molecule has 0 aliphatic rings. The number of H-pyrrole nitrogens is 1. The number of carbonyl (C=O) groups is 2. The number of aromatic nitrogens is 1. The van der Waals surface area contributed by atoms with Gasteiger partial charge >= 0.3 is 0 Å². The summed E-state index contributed by atoms with van der Waals surface area (Å²) in [5.74, 6) is -0.796. The first kappa shape index (κ1) is 35.0. The molecular weight excluding hydrogens is 572 g/mol. The van der Waals surface area contributed by atoms with Crippen LogP contribution in [0.15, 0.2) is 65.9 Å². The molecule has 0 unspecified atom stereocenters. The van der Waals surface area contributed by atoms with Crippen molar-refractivity contribution < 1.29 is 14.6 Å². The highest BCUT2D eigenvalue weighted by molar-refractivity contribution is 5.88. The molecule has 0 saturated heterocycles. The molecule has 0 spiro atoms. The van der Waals surface area contributed by atoms with Crippen LogP contribution in [0.2, 0.25) is 0 Å². The molecule has 0 aliphatic carbocycles. The third-order valence-corrected chi connectivity index (χ3v) is 7.71. The van der Waals surface area contributed by atoms with Crippen LogP contribution in [-0.2, 0) is 22.4 Å². The molecule has 3 rings (SSSR count). The summed E-state index contributed by atoms with van der Waals surface area (Å²) in [7, 11) is 2.08. The maximum absolute atomic E-state index is 13.8. The van der Waals surface area contributed by atoms with Gasteiger partial charge in [-0.1, -0.05) is 74.7 Å². The van der Waals surface area contributed by atoms with Crippen LogP contribution < -0.4 is 21.7 Å². The molecule has 0 radical (unpaired) electrons. The van der Waals surface area contributed by atoms with Crippen LogP contribution in [-0.4, -0.2) is 71.5 Å². The number of hydrazone groups is 1. The number of para-hydroxylation sites is 1. The zero-order chi connectivity index (χ0) is 32.4. The molecule has 244 valence electrons. The largest absolute Gasteiger partial charge is 0.365 e. The monoisotopic (exact) mass is 620 g/mol. The van der Waals surface area contributed by atoms with Gasteiger partial charge < -0.3 is 31.6 Å². The van der Waals surface area contributed by atoms with Gasteiger partial charge in [0.15, 0.2) is 5.03 Å².